The molecule has 0 aliphatic carbocycles. The third-order valence-corrected chi connectivity index (χ3v) is 3.95. The molecule has 0 atom stereocenters. The van der Waals surface area contributed by atoms with Crippen LogP contribution in [0.4, 0.5) is 9.18 Å². The van der Waals surface area contributed by atoms with E-state index in [0.29, 0.717) is 12.1 Å². The summed E-state index contributed by atoms with van der Waals surface area (Å²) in [7, 11) is 0. The van der Waals surface area contributed by atoms with E-state index in [1.54, 1.807) is 36.4 Å². The van der Waals surface area contributed by atoms with Crippen molar-refractivity contribution in [3.05, 3.63) is 108 Å². The SMILES string of the molecule is O=C(ON1/C=C/C=C/C=C\C=C\C=C\C=C/C=N/1)N1Cc2cccc(F)c2C1. The maximum atomic E-state index is 13.9. The van der Waals surface area contributed by atoms with Crippen molar-refractivity contribution in [3.63, 3.8) is 0 Å². The predicted molar refractivity (Wildman–Crippen MR) is 107 cm³/mol. The minimum atomic E-state index is -0.604. The van der Waals surface area contributed by atoms with Crippen LogP contribution in [0.5, 0.6) is 0 Å². The zero-order valence-corrected chi connectivity index (χ0v) is 15.2. The quantitative estimate of drug-likeness (QED) is 0.707. The van der Waals surface area contributed by atoms with Crippen molar-refractivity contribution in [2.75, 3.05) is 0 Å². The van der Waals surface area contributed by atoms with Crippen LogP contribution in [0.2, 0.25) is 0 Å². The van der Waals surface area contributed by atoms with Crippen molar-refractivity contribution in [3.8, 4) is 0 Å². The molecule has 1 amide bonds. The Morgan fingerprint density at radius 3 is 2.21 bits per heavy atom. The number of hydrogen-bond donors (Lipinski definition) is 0. The van der Waals surface area contributed by atoms with Gasteiger partial charge >= 0.3 is 6.09 Å². The Morgan fingerprint density at radius 2 is 1.54 bits per heavy atom. The van der Waals surface area contributed by atoms with Gasteiger partial charge in [0.1, 0.15) is 5.82 Å². The maximum absolute atomic E-state index is 13.9. The lowest BCUT2D eigenvalue weighted by Crippen LogP contribution is -2.30. The van der Waals surface area contributed by atoms with Gasteiger partial charge in [0.2, 0.25) is 0 Å². The van der Waals surface area contributed by atoms with Crippen molar-refractivity contribution in [1.29, 1.82) is 0 Å². The van der Waals surface area contributed by atoms with Crippen molar-refractivity contribution in [2.45, 2.75) is 13.1 Å². The first kappa shape index (κ1) is 19.1. The summed E-state index contributed by atoms with van der Waals surface area (Å²) in [4.78, 5) is 19.2. The zero-order valence-electron chi connectivity index (χ0n) is 15.2. The molecule has 2 heterocycles. The van der Waals surface area contributed by atoms with Crippen LogP contribution in [0.15, 0.2) is 96.3 Å². The number of halogens is 1. The van der Waals surface area contributed by atoms with Crippen molar-refractivity contribution < 1.29 is 14.0 Å². The first-order valence-electron chi connectivity index (χ1n) is 8.80. The Kier molecular flexibility index (Phi) is 6.73. The van der Waals surface area contributed by atoms with Gasteiger partial charge in [0.05, 0.1) is 19.0 Å². The largest absolute Gasteiger partial charge is 0.436 e. The predicted octanol–water partition coefficient (Wildman–Crippen LogP) is 4.79. The molecular weight excluding hydrogens is 357 g/mol. The molecule has 142 valence electrons. The van der Waals surface area contributed by atoms with Crippen molar-refractivity contribution >= 4 is 12.3 Å². The van der Waals surface area contributed by atoms with Crippen LogP contribution < -0.4 is 0 Å². The van der Waals surface area contributed by atoms with E-state index in [4.69, 9.17) is 4.84 Å². The molecule has 1 aromatic rings. The second kappa shape index (κ2) is 9.87. The average molecular weight is 377 g/mol. The van der Waals surface area contributed by atoms with E-state index in [1.165, 1.54) is 23.4 Å². The Balaban J connectivity index is 1.68. The molecule has 0 saturated carbocycles. The number of rotatable bonds is 1. The molecule has 5 nitrogen and oxygen atoms in total. The molecule has 3 rings (SSSR count). The summed E-state index contributed by atoms with van der Waals surface area (Å²) in [5, 5.41) is 5.17. The standard InChI is InChI=1S/C22H20FN3O2/c23-21-14-12-13-19-17-25(18-20(19)21)22(27)28-26-16-11-9-7-5-3-1-2-4-6-8-10-15-24-26/h1-16H,17-18H2/b2-1+,5-3-,6-4+,9-7+,10-8-,16-11+,24-15+. The van der Waals surface area contributed by atoms with Gasteiger partial charge < -0.3 is 0 Å². The number of fused-ring (bicyclic) bond motifs is 1. The molecule has 0 spiro atoms. The summed E-state index contributed by atoms with van der Waals surface area (Å²) in [5.41, 5.74) is 1.31. The van der Waals surface area contributed by atoms with Gasteiger partial charge in [0, 0.05) is 12.1 Å². The monoisotopic (exact) mass is 377 g/mol. The molecule has 6 heteroatoms. The fourth-order valence-electron chi connectivity index (χ4n) is 2.59. The molecular formula is C22H20FN3O2. The molecule has 0 bridgehead atoms. The van der Waals surface area contributed by atoms with E-state index in [1.807, 2.05) is 42.5 Å². The number of benzene rings is 1. The van der Waals surface area contributed by atoms with E-state index >= 15 is 0 Å². The van der Waals surface area contributed by atoms with Gasteiger partial charge in [-0.3, -0.25) is 9.74 Å². The third kappa shape index (κ3) is 5.41. The van der Waals surface area contributed by atoms with Gasteiger partial charge in [-0.25, -0.2) is 9.18 Å². The van der Waals surface area contributed by atoms with E-state index in [2.05, 4.69) is 5.10 Å². The molecule has 28 heavy (non-hydrogen) atoms. The van der Waals surface area contributed by atoms with Gasteiger partial charge in [-0.2, -0.15) is 0 Å². The summed E-state index contributed by atoms with van der Waals surface area (Å²) in [6.07, 6.45) is 22.6. The summed E-state index contributed by atoms with van der Waals surface area (Å²) in [6, 6.07) is 4.83. The molecule has 0 unspecified atom stereocenters. The molecule has 2 aliphatic rings. The highest BCUT2D eigenvalue weighted by Crippen LogP contribution is 2.25. The fourth-order valence-corrected chi connectivity index (χ4v) is 2.59. The Hall–Kier alpha value is -3.67. The molecule has 0 N–H and O–H groups in total. The van der Waals surface area contributed by atoms with Crippen LogP contribution in [-0.2, 0) is 17.9 Å². The molecule has 0 radical (unpaired) electrons. The van der Waals surface area contributed by atoms with Gasteiger partial charge in [0.25, 0.3) is 0 Å². The minimum Gasteiger partial charge on any atom is -0.299 e. The Bertz CT molecular complexity index is 874. The van der Waals surface area contributed by atoms with Crippen molar-refractivity contribution in [2.24, 2.45) is 5.10 Å². The average Bonchev–Trinajstić information content (AvgIpc) is 3.12. The molecule has 0 saturated heterocycles. The van der Waals surface area contributed by atoms with Gasteiger partial charge in [-0.05, 0) is 23.8 Å². The van der Waals surface area contributed by atoms with Crippen LogP contribution in [-0.4, -0.2) is 22.4 Å². The topological polar surface area (TPSA) is 45.1 Å². The lowest BCUT2D eigenvalue weighted by atomic mass is 10.1. The molecule has 0 fully saturated rings. The van der Waals surface area contributed by atoms with Gasteiger partial charge in [-0.1, -0.05) is 72.0 Å². The summed E-state index contributed by atoms with van der Waals surface area (Å²) in [5.74, 6) is -0.314. The third-order valence-electron chi connectivity index (χ3n) is 3.95. The van der Waals surface area contributed by atoms with E-state index < -0.39 is 6.09 Å². The highest BCUT2D eigenvalue weighted by Gasteiger charge is 2.27. The number of amides is 1. The van der Waals surface area contributed by atoms with Gasteiger partial charge in [-0.15, -0.1) is 5.10 Å². The number of hydroxylamine groups is 1. The number of nitrogens with zero attached hydrogens (tertiary/aromatic N) is 3. The van der Waals surface area contributed by atoms with E-state index in [0.717, 1.165) is 10.7 Å². The maximum Gasteiger partial charge on any atom is 0.436 e. The molecule has 2 aliphatic heterocycles. The first-order valence-corrected chi connectivity index (χ1v) is 8.80. The number of hydrazone groups is 1. The van der Waals surface area contributed by atoms with Gasteiger partial charge in [0.15, 0.2) is 0 Å². The zero-order chi connectivity index (χ0) is 19.6. The first-order chi connectivity index (χ1) is 13.7. The second-order valence-electron chi connectivity index (χ2n) is 5.92. The highest BCUT2D eigenvalue weighted by atomic mass is 19.1. The summed E-state index contributed by atoms with van der Waals surface area (Å²) >= 11 is 0. The lowest BCUT2D eigenvalue weighted by Gasteiger charge is -2.18. The molecule has 0 aromatic heterocycles. The second-order valence-corrected chi connectivity index (χ2v) is 5.92. The van der Waals surface area contributed by atoms with Crippen LogP contribution in [0, 0.1) is 5.82 Å². The van der Waals surface area contributed by atoms with Crippen molar-refractivity contribution in [1.82, 2.24) is 10.1 Å². The fraction of sp³-hybridized carbons (Fsp3) is 0.0909. The Morgan fingerprint density at radius 1 is 0.893 bits per heavy atom. The summed E-state index contributed by atoms with van der Waals surface area (Å²) in [6.45, 7) is 0.472. The van der Waals surface area contributed by atoms with E-state index in [9.17, 15) is 9.18 Å². The normalized spacial score (nSPS) is 24.2. The number of carbonyl (C=O) groups is 1. The summed E-state index contributed by atoms with van der Waals surface area (Å²) < 4.78 is 13.9. The van der Waals surface area contributed by atoms with Crippen LogP contribution >= 0.6 is 0 Å². The van der Waals surface area contributed by atoms with E-state index in [-0.39, 0.29) is 12.4 Å². The Labute approximate surface area is 163 Å². The number of carbonyl (C=O) groups excluding carboxylic acids is 1. The number of allylic oxidation sites excluding steroid dienone is 11. The molecule has 1 aromatic carbocycles. The highest BCUT2D eigenvalue weighted by molar-refractivity contribution is 5.72. The van der Waals surface area contributed by atoms with Crippen LogP contribution in [0.25, 0.3) is 0 Å². The smallest absolute Gasteiger partial charge is 0.299 e. The van der Waals surface area contributed by atoms with Crippen LogP contribution in [0.1, 0.15) is 11.1 Å². The number of hydrogen-bond acceptors (Lipinski definition) is 4. The minimum absolute atomic E-state index is 0.171. The van der Waals surface area contributed by atoms with Crippen LogP contribution in [0.3, 0.4) is 0 Å². The lowest BCUT2D eigenvalue weighted by molar-refractivity contribution is -0.0724.